The van der Waals surface area contributed by atoms with Crippen molar-refractivity contribution in [3.05, 3.63) is 155 Å². The Morgan fingerprint density at radius 2 is 1.14 bits per heavy atom. The molecule has 2 aliphatic carbocycles. The molecule has 8 heterocycles. The van der Waals surface area contributed by atoms with Gasteiger partial charge < -0.3 is 22.1 Å². The number of amides is 2. The topological polar surface area (TPSA) is 259 Å². The van der Waals surface area contributed by atoms with Gasteiger partial charge in [0.1, 0.15) is 47.3 Å². The second-order valence-electron chi connectivity index (χ2n) is 18.6. The molecule has 8 aromatic heterocycles. The molecule has 2 aliphatic rings. The highest BCUT2D eigenvalue weighted by atomic mass is 16.2. The number of nitrogens with one attached hydrogen (secondary N) is 2. The molecule has 0 spiro atoms. The molecule has 372 valence electrons. The first-order valence-corrected chi connectivity index (χ1v) is 24.8. The van der Waals surface area contributed by atoms with E-state index in [0.29, 0.717) is 67.9 Å². The summed E-state index contributed by atoms with van der Waals surface area (Å²) in [6.07, 6.45) is 16.3. The molecule has 20 nitrogen and oxygen atoms in total. The number of aryl methyl sites for hydroxylation is 5. The highest BCUT2D eigenvalue weighted by Gasteiger charge is 2.31. The summed E-state index contributed by atoms with van der Waals surface area (Å²) in [4.78, 5) is 51.6. The Morgan fingerprint density at radius 1 is 0.622 bits per heavy atom. The average Bonchev–Trinajstić information content (AvgIpc) is 4.23. The monoisotopic (exact) mass is 986 g/mol. The van der Waals surface area contributed by atoms with Gasteiger partial charge in [0.15, 0.2) is 11.3 Å². The van der Waals surface area contributed by atoms with Crippen molar-refractivity contribution >= 4 is 57.2 Å². The number of hydrogen-bond donors (Lipinski definition) is 4. The van der Waals surface area contributed by atoms with E-state index in [1.807, 2.05) is 82.6 Å². The third-order valence-corrected chi connectivity index (χ3v) is 13.8. The normalized spacial score (nSPS) is 15.0. The van der Waals surface area contributed by atoms with E-state index in [9.17, 15) is 9.59 Å². The van der Waals surface area contributed by atoms with Gasteiger partial charge in [-0.2, -0.15) is 20.4 Å². The quantitative estimate of drug-likeness (QED) is 0.100. The lowest BCUT2D eigenvalue weighted by Crippen LogP contribution is -2.19. The number of benzene rings is 2. The van der Waals surface area contributed by atoms with Crippen LogP contribution in [-0.2, 0) is 25.9 Å². The molecule has 6 N–H and O–H groups in total. The minimum atomic E-state index is -0.231. The van der Waals surface area contributed by atoms with E-state index in [2.05, 4.69) is 70.4 Å². The van der Waals surface area contributed by atoms with Gasteiger partial charge >= 0.3 is 0 Å². The van der Waals surface area contributed by atoms with Crippen molar-refractivity contribution in [2.45, 2.75) is 91.4 Å². The minimum absolute atomic E-state index is 0.0153. The highest BCUT2D eigenvalue weighted by molar-refractivity contribution is 6.06. The zero-order chi connectivity index (χ0) is 51.0. The Labute approximate surface area is 425 Å². The lowest BCUT2D eigenvalue weighted by molar-refractivity contribution is 0.101. The van der Waals surface area contributed by atoms with Crippen LogP contribution in [0, 0.1) is 13.8 Å². The summed E-state index contributed by atoms with van der Waals surface area (Å²) in [5.74, 6) is 1.32. The van der Waals surface area contributed by atoms with Gasteiger partial charge in [0.25, 0.3) is 11.8 Å². The molecule has 0 bridgehead atoms. The predicted octanol–water partition coefficient (Wildman–Crippen LogP) is 8.35. The Morgan fingerprint density at radius 3 is 1.64 bits per heavy atom. The van der Waals surface area contributed by atoms with E-state index < -0.39 is 0 Å². The van der Waals surface area contributed by atoms with Crippen molar-refractivity contribution in [1.29, 1.82) is 0 Å². The summed E-state index contributed by atoms with van der Waals surface area (Å²) in [6, 6.07) is 22.0. The van der Waals surface area contributed by atoms with Crippen molar-refractivity contribution < 1.29 is 9.59 Å². The van der Waals surface area contributed by atoms with Gasteiger partial charge in [0, 0.05) is 70.8 Å². The molecule has 0 fully saturated rings. The summed E-state index contributed by atoms with van der Waals surface area (Å²) in [6.45, 7) is 9.75. The van der Waals surface area contributed by atoms with Crippen molar-refractivity contribution in [2.24, 2.45) is 0 Å². The van der Waals surface area contributed by atoms with E-state index >= 15 is 0 Å². The third kappa shape index (κ3) is 8.94. The molecule has 20 heteroatoms. The molecule has 0 radical (unpaired) electrons. The van der Waals surface area contributed by atoms with Crippen LogP contribution in [0.15, 0.2) is 110 Å². The maximum Gasteiger partial charge on any atom is 0.256 e. The molecule has 2 amide bonds. The first-order chi connectivity index (χ1) is 36.0. The average molecular weight is 987 g/mol. The molecule has 12 rings (SSSR count). The van der Waals surface area contributed by atoms with Crippen LogP contribution in [0.5, 0.6) is 0 Å². The number of fused-ring (bicyclic) bond motifs is 4. The molecular weight excluding hydrogens is 933 g/mol. The second kappa shape index (κ2) is 19.8. The van der Waals surface area contributed by atoms with E-state index in [-0.39, 0.29) is 23.9 Å². The standard InChI is InChI=1S/2C27H27N9O/c1-3-35-14-19-20(33-35)5-4-6-21(19)36-26-23(25(28)30-15-31-26)24(34-36)17-7-9-18(10-8-17)27(37)32-22-13-16(2)11-12-29-22;1-3-35-20-5-4-6-21(19(20)14-32-35)36-26-23(25(28)30-15-31-26)24(34-36)17-7-9-18(10-8-17)27(37)33-22-13-16(2)11-12-29-22/h7-15,21H,3-6H2,1-2H3,(H2,28,30,31)(H,29,32,37);7-15,21H,3-6H2,1-2H3,(H2,28,30,31)(H,29,33,37)/t2*21-/m11/s1. The van der Waals surface area contributed by atoms with Crippen LogP contribution in [0.3, 0.4) is 0 Å². The predicted molar refractivity (Wildman–Crippen MR) is 282 cm³/mol. The number of nitrogen functional groups attached to an aromatic ring is 2. The summed E-state index contributed by atoms with van der Waals surface area (Å²) in [7, 11) is 0. The molecular formula is C54H54N18O2. The molecule has 0 aliphatic heterocycles. The number of rotatable bonds is 10. The summed E-state index contributed by atoms with van der Waals surface area (Å²) < 4.78 is 7.97. The Hall–Kier alpha value is -9.20. The van der Waals surface area contributed by atoms with E-state index in [4.69, 9.17) is 26.8 Å². The van der Waals surface area contributed by atoms with Gasteiger partial charge in [-0.1, -0.05) is 24.3 Å². The largest absolute Gasteiger partial charge is 0.383 e. The Kier molecular flexibility index (Phi) is 12.6. The van der Waals surface area contributed by atoms with E-state index in [1.165, 1.54) is 29.5 Å². The molecule has 2 atom stereocenters. The number of nitrogens with two attached hydrogens (primary N) is 2. The van der Waals surface area contributed by atoms with Gasteiger partial charge in [-0.15, -0.1) is 0 Å². The van der Waals surface area contributed by atoms with Crippen molar-refractivity contribution in [2.75, 3.05) is 22.1 Å². The van der Waals surface area contributed by atoms with E-state index in [1.54, 1.807) is 36.7 Å². The van der Waals surface area contributed by atoms with Crippen LogP contribution in [0.25, 0.3) is 44.6 Å². The van der Waals surface area contributed by atoms with Gasteiger partial charge in [-0.05, 0) is 126 Å². The maximum atomic E-state index is 12.8. The van der Waals surface area contributed by atoms with Crippen LogP contribution in [-0.4, -0.2) is 80.8 Å². The highest BCUT2D eigenvalue weighted by Crippen LogP contribution is 2.40. The summed E-state index contributed by atoms with van der Waals surface area (Å²) in [5, 5.41) is 26.5. The van der Waals surface area contributed by atoms with Crippen LogP contribution in [0.4, 0.5) is 23.3 Å². The Bertz CT molecular complexity index is 3530. The van der Waals surface area contributed by atoms with Gasteiger partial charge in [0.2, 0.25) is 0 Å². The summed E-state index contributed by atoms with van der Waals surface area (Å²) >= 11 is 0. The van der Waals surface area contributed by atoms with Crippen molar-refractivity contribution in [3.8, 4) is 22.5 Å². The number of pyridine rings is 2. The fourth-order valence-corrected chi connectivity index (χ4v) is 10.1. The molecule has 74 heavy (non-hydrogen) atoms. The number of hydrogen-bond acceptors (Lipinski definition) is 14. The van der Waals surface area contributed by atoms with E-state index in [0.717, 1.165) is 79.6 Å². The SMILES string of the molecule is CCn1cc2c(n1)CCC[C@H]2n1nc(-c2ccc(C(=O)Nc3cc(C)ccn3)cc2)c2c(N)ncnc21.CCn1ncc2c1CCC[C@H]2n1nc(-c2ccc(C(=O)Nc3cc(C)ccn3)cc2)c2c(N)ncnc21. The number of carbonyl (C=O) groups excluding carboxylic acids is 2. The number of carbonyl (C=O) groups is 2. The number of nitrogens with zero attached hydrogens (tertiary/aromatic N) is 14. The van der Waals surface area contributed by atoms with Crippen molar-refractivity contribution in [1.82, 2.24) is 69.0 Å². The van der Waals surface area contributed by atoms with Crippen LogP contribution < -0.4 is 22.1 Å². The summed E-state index contributed by atoms with van der Waals surface area (Å²) in [5.41, 5.74) is 24.9. The lowest BCUT2D eigenvalue weighted by atomic mass is 9.93. The number of aromatic nitrogens is 14. The minimum Gasteiger partial charge on any atom is -0.383 e. The van der Waals surface area contributed by atoms with Crippen LogP contribution in [0.2, 0.25) is 0 Å². The van der Waals surface area contributed by atoms with Gasteiger partial charge in [0.05, 0.1) is 34.7 Å². The van der Waals surface area contributed by atoms with Crippen LogP contribution in [0.1, 0.15) is 106 Å². The molecule has 0 saturated carbocycles. The van der Waals surface area contributed by atoms with Crippen LogP contribution >= 0.6 is 0 Å². The fraction of sp³-hybridized carbons (Fsp3) is 0.259. The molecule has 0 saturated heterocycles. The molecule has 10 aromatic rings. The molecule has 0 unspecified atom stereocenters. The maximum absolute atomic E-state index is 12.8. The second-order valence-corrected chi connectivity index (χ2v) is 18.6. The fourth-order valence-electron chi connectivity index (χ4n) is 10.1. The zero-order valence-electron chi connectivity index (χ0n) is 41.4. The first-order valence-electron chi connectivity index (χ1n) is 24.8. The van der Waals surface area contributed by atoms with Crippen molar-refractivity contribution in [3.63, 3.8) is 0 Å². The Balaban J connectivity index is 0.000000159. The lowest BCUT2D eigenvalue weighted by Gasteiger charge is -2.23. The van der Waals surface area contributed by atoms with Gasteiger partial charge in [-0.25, -0.2) is 39.3 Å². The van der Waals surface area contributed by atoms with Gasteiger partial charge in [-0.3, -0.25) is 19.0 Å². The first kappa shape index (κ1) is 47.1. The zero-order valence-corrected chi connectivity index (χ0v) is 41.4. The number of anilines is 4. The third-order valence-electron chi connectivity index (χ3n) is 13.8. The molecule has 2 aromatic carbocycles. The smallest absolute Gasteiger partial charge is 0.256 e.